The molecule has 6 atom stereocenters. The van der Waals surface area contributed by atoms with Crippen LogP contribution in [0.1, 0.15) is 27.2 Å². The second kappa shape index (κ2) is 5.96. The molecule has 0 spiro atoms. The number of epoxide rings is 1. The Kier molecular flexibility index (Phi) is 4.69. The molecule has 1 aliphatic carbocycles. The summed E-state index contributed by atoms with van der Waals surface area (Å²) in [6.07, 6.45) is 0.208. The highest BCUT2D eigenvalue weighted by Crippen LogP contribution is 2.57. The maximum Gasteiger partial charge on any atom is 0.272 e. The lowest BCUT2D eigenvalue weighted by Gasteiger charge is -2.46. The number of hydrogen-bond donors (Lipinski definition) is 2. The number of hydrogen-bond acceptors (Lipinski definition) is 5. The Morgan fingerprint density at radius 3 is 2.44 bits per heavy atom. The summed E-state index contributed by atoms with van der Waals surface area (Å²) in [5, 5.41) is 13.3. The molecule has 0 aromatic carbocycles. The highest BCUT2D eigenvalue weighted by Gasteiger charge is 2.72. The lowest BCUT2D eigenvalue weighted by atomic mass is 9.65. The van der Waals surface area contributed by atoms with Gasteiger partial charge in [0.2, 0.25) is 0 Å². The van der Waals surface area contributed by atoms with Crippen LogP contribution in [0.15, 0.2) is 12.7 Å². The second-order valence-electron chi connectivity index (χ2n) is 7.53. The molecule has 0 radical (unpaired) electrons. The number of carbonyl (C=O) groups excluding carboxylic acids is 1. The summed E-state index contributed by atoms with van der Waals surface area (Å²) >= 11 is 17.2. The normalized spacial score (nSPS) is 45.6. The quantitative estimate of drug-likeness (QED) is 0.420. The van der Waals surface area contributed by atoms with Crippen LogP contribution in [0.5, 0.6) is 0 Å². The van der Waals surface area contributed by atoms with Crippen molar-refractivity contribution in [1.82, 2.24) is 5.32 Å². The van der Waals surface area contributed by atoms with Gasteiger partial charge in [0.25, 0.3) is 9.70 Å². The van der Waals surface area contributed by atoms with Crippen molar-refractivity contribution in [2.75, 3.05) is 6.61 Å². The minimum absolute atomic E-state index is 0.168. The summed E-state index contributed by atoms with van der Waals surface area (Å²) in [4.78, 5) is 12.3. The van der Waals surface area contributed by atoms with Crippen LogP contribution >= 0.6 is 34.8 Å². The van der Waals surface area contributed by atoms with Gasteiger partial charge in [0, 0.05) is 12.3 Å². The topological polar surface area (TPSA) is 80.3 Å². The van der Waals surface area contributed by atoms with Gasteiger partial charge in [-0.05, 0) is 20.8 Å². The number of alkyl halides is 3. The van der Waals surface area contributed by atoms with Gasteiger partial charge >= 0.3 is 0 Å². The van der Waals surface area contributed by atoms with Crippen LogP contribution in [0.4, 0.5) is 0 Å². The van der Waals surface area contributed by atoms with E-state index in [1.54, 1.807) is 6.08 Å². The van der Waals surface area contributed by atoms with Crippen LogP contribution in [0.2, 0.25) is 0 Å². The zero-order chi connectivity index (χ0) is 18.8. The van der Waals surface area contributed by atoms with Crippen molar-refractivity contribution in [2.45, 2.75) is 66.2 Å². The SMILES string of the molecule is C=C[C@]1(NC(=O)C(Cl)(Cl)Cl)C[C@@H](O)[C@@]2(C)O[C@H]2[C@@H]1[C@H]1COC(C)(C)O1. The summed E-state index contributed by atoms with van der Waals surface area (Å²) in [6, 6.07) is 0. The predicted octanol–water partition coefficient (Wildman–Crippen LogP) is 2.09. The molecule has 2 aliphatic heterocycles. The number of aliphatic hydroxyl groups excluding tert-OH is 1. The number of nitrogens with one attached hydrogen (secondary N) is 1. The number of aliphatic hydroxyl groups is 1. The molecule has 6 nitrogen and oxygen atoms in total. The zero-order valence-corrected chi connectivity index (χ0v) is 16.5. The number of amides is 1. The number of ether oxygens (including phenoxy) is 3. The van der Waals surface area contributed by atoms with Crippen molar-refractivity contribution in [3.63, 3.8) is 0 Å². The molecule has 2 N–H and O–H groups in total. The third kappa shape index (κ3) is 3.31. The van der Waals surface area contributed by atoms with Crippen molar-refractivity contribution in [1.29, 1.82) is 0 Å². The number of fused-ring (bicyclic) bond motifs is 1. The smallest absolute Gasteiger partial charge is 0.272 e. The lowest BCUT2D eigenvalue weighted by Crippen LogP contribution is -2.65. The molecule has 0 unspecified atom stereocenters. The first kappa shape index (κ1) is 19.7. The van der Waals surface area contributed by atoms with Crippen LogP contribution in [0.25, 0.3) is 0 Å². The zero-order valence-electron chi connectivity index (χ0n) is 14.2. The molecule has 2 saturated heterocycles. The highest BCUT2D eigenvalue weighted by molar-refractivity contribution is 6.76. The largest absolute Gasteiger partial charge is 0.390 e. The first-order valence-corrected chi connectivity index (χ1v) is 9.19. The molecule has 9 heteroatoms. The fraction of sp³-hybridized carbons (Fsp3) is 0.812. The van der Waals surface area contributed by atoms with Gasteiger partial charge in [-0.15, -0.1) is 6.58 Å². The minimum Gasteiger partial charge on any atom is -0.390 e. The minimum atomic E-state index is -2.14. The van der Waals surface area contributed by atoms with Crippen molar-refractivity contribution in [2.24, 2.45) is 5.92 Å². The van der Waals surface area contributed by atoms with E-state index in [0.717, 1.165) is 0 Å². The molecule has 2 heterocycles. The van der Waals surface area contributed by atoms with E-state index in [1.807, 2.05) is 20.8 Å². The highest BCUT2D eigenvalue weighted by atomic mass is 35.6. The van der Waals surface area contributed by atoms with Crippen molar-refractivity contribution in [3.05, 3.63) is 12.7 Å². The van der Waals surface area contributed by atoms with E-state index < -0.39 is 32.7 Å². The van der Waals surface area contributed by atoms with Gasteiger partial charge in [-0.2, -0.15) is 0 Å². The van der Waals surface area contributed by atoms with Gasteiger partial charge in [0.05, 0.1) is 30.5 Å². The number of rotatable bonds is 3. The Balaban J connectivity index is 1.95. The molecule has 0 bridgehead atoms. The third-order valence-corrected chi connectivity index (χ3v) is 5.92. The first-order valence-electron chi connectivity index (χ1n) is 8.05. The van der Waals surface area contributed by atoms with Crippen LogP contribution < -0.4 is 5.32 Å². The Morgan fingerprint density at radius 2 is 1.96 bits per heavy atom. The van der Waals surface area contributed by atoms with Gasteiger partial charge < -0.3 is 24.6 Å². The third-order valence-electron chi connectivity index (χ3n) is 5.40. The molecular formula is C16H22Cl3NO5. The Labute approximate surface area is 161 Å². The van der Waals surface area contributed by atoms with Crippen molar-refractivity contribution < 1.29 is 24.1 Å². The van der Waals surface area contributed by atoms with E-state index >= 15 is 0 Å². The van der Waals surface area contributed by atoms with E-state index in [4.69, 9.17) is 49.0 Å². The molecule has 0 aromatic heterocycles. The predicted molar refractivity (Wildman–Crippen MR) is 93.7 cm³/mol. The fourth-order valence-electron chi connectivity index (χ4n) is 3.97. The maximum absolute atomic E-state index is 12.3. The van der Waals surface area contributed by atoms with Crippen LogP contribution in [0.3, 0.4) is 0 Å². The van der Waals surface area contributed by atoms with Gasteiger partial charge in [0.1, 0.15) is 5.60 Å². The van der Waals surface area contributed by atoms with Gasteiger partial charge in [0.15, 0.2) is 5.79 Å². The molecule has 1 amide bonds. The van der Waals surface area contributed by atoms with E-state index in [-0.39, 0.29) is 24.5 Å². The maximum atomic E-state index is 12.3. The average molecular weight is 415 g/mol. The molecule has 142 valence electrons. The molecule has 3 fully saturated rings. The molecular weight excluding hydrogens is 393 g/mol. The van der Waals surface area contributed by atoms with Gasteiger partial charge in [-0.25, -0.2) is 0 Å². The molecule has 25 heavy (non-hydrogen) atoms. The Bertz CT molecular complexity index is 595. The fourth-order valence-corrected chi connectivity index (χ4v) is 4.11. The van der Waals surface area contributed by atoms with Crippen molar-refractivity contribution in [3.8, 4) is 0 Å². The summed E-state index contributed by atoms with van der Waals surface area (Å²) in [6.45, 7) is 9.63. The van der Waals surface area contributed by atoms with E-state index in [9.17, 15) is 9.90 Å². The van der Waals surface area contributed by atoms with E-state index in [0.29, 0.717) is 6.61 Å². The Hall–Kier alpha value is -0.0800. The lowest BCUT2D eigenvalue weighted by molar-refractivity contribution is -0.151. The van der Waals surface area contributed by atoms with Crippen molar-refractivity contribution >= 4 is 40.7 Å². The van der Waals surface area contributed by atoms with Gasteiger partial charge in [-0.3, -0.25) is 4.79 Å². The molecule has 3 rings (SSSR count). The monoisotopic (exact) mass is 413 g/mol. The van der Waals surface area contributed by atoms with E-state index in [1.165, 1.54) is 0 Å². The Morgan fingerprint density at radius 1 is 1.32 bits per heavy atom. The number of halogens is 3. The first-order chi connectivity index (χ1) is 11.3. The van der Waals surface area contributed by atoms with Crippen LogP contribution in [-0.2, 0) is 19.0 Å². The second-order valence-corrected chi connectivity index (χ2v) is 9.81. The average Bonchev–Trinajstić information content (AvgIpc) is 3.04. The van der Waals surface area contributed by atoms with Crippen LogP contribution in [0, 0.1) is 5.92 Å². The molecule has 1 saturated carbocycles. The number of carbonyl (C=O) groups is 1. The summed E-state index contributed by atoms with van der Waals surface area (Å²) in [7, 11) is 0. The summed E-state index contributed by atoms with van der Waals surface area (Å²) < 4.78 is 15.4. The molecule has 0 aromatic rings. The van der Waals surface area contributed by atoms with Crippen LogP contribution in [-0.4, -0.2) is 56.7 Å². The summed E-state index contributed by atoms with van der Waals surface area (Å²) in [5.41, 5.74) is -1.76. The van der Waals surface area contributed by atoms with E-state index in [2.05, 4.69) is 11.9 Å². The standard InChI is InChI=1S/C16H22Cl3NO5/c1-5-15(20-12(22)16(17,18)19)6-9(21)14(4)11(25-14)10(15)8-7-23-13(2,3)24-8/h5,8-11,21H,1,6-7H2,2-4H3,(H,20,22)/t8-,9-,10+,11+,14-,15+/m1/s1. The van der Waals surface area contributed by atoms with Gasteiger partial charge in [-0.1, -0.05) is 40.9 Å². The molecule has 3 aliphatic rings. The summed E-state index contributed by atoms with van der Waals surface area (Å²) in [5.74, 6) is -1.90.